The topological polar surface area (TPSA) is 96.1 Å². The number of hydrogen-bond donors (Lipinski definition) is 3. The number of carbonyl (C=O) groups is 2. The fraction of sp³-hybridized carbons (Fsp3) is 0.688. The van der Waals surface area contributed by atoms with Crippen LogP contribution >= 0.6 is 12.4 Å². The van der Waals surface area contributed by atoms with E-state index >= 15 is 0 Å². The second kappa shape index (κ2) is 11.0. The van der Waals surface area contributed by atoms with Gasteiger partial charge in [-0.3, -0.25) is 14.7 Å². The summed E-state index contributed by atoms with van der Waals surface area (Å²) in [5.74, 6) is -0.244. The Labute approximate surface area is 148 Å². The average Bonchev–Trinajstić information content (AvgIpc) is 3.01. The quantitative estimate of drug-likeness (QED) is 0.461. The molecule has 0 fully saturated rings. The third-order valence-electron chi connectivity index (χ3n) is 4.09. The lowest BCUT2D eigenvalue weighted by Gasteiger charge is -2.12. The number of H-pyrrole nitrogens is 1. The van der Waals surface area contributed by atoms with Crippen LogP contribution in [0.5, 0.6) is 0 Å². The van der Waals surface area contributed by atoms with E-state index in [0.29, 0.717) is 25.2 Å². The largest absolute Gasteiger partial charge is 0.469 e. The van der Waals surface area contributed by atoms with Crippen molar-refractivity contribution in [3.63, 3.8) is 0 Å². The fourth-order valence-electron chi connectivity index (χ4n) is 2.73. The predicted molar refractivity (Wildman–Crippen MR) is 93.3 cm³/mol. The van der Waals surface area contributed by atoms with Crippen molar-refractivity contribution in [3.8, 4) is 0 Å². The van der Waals surface area contributed by atoms with Gasteiger partial charge in [-0.1, -0.05) is 19.3 Å². The highest BCUT2D eigenvalue weighted by Gasteiger charge is 2.20. The molecule has 24 heavy (non-hydrogen) atoms. The monoisotopic (exact) mass is 358 g/mol. The molecule has 0 aliphatic carbocycles. The summed E-state index contributed by atoms with van der Waals surface area (Å²) in [6.45, 7) is 2.28. The number of ether oxygens (including phenoxy) is 1. The molecule has 0 aromatic carbocycles. The van der Waals surface area contributed by atoms with Crippen LogP contribution in [0.25, 0.3) is 0 Å². The van der Waals surface area contributed by atoms with Crippen molar-refractivity contribution in [2.45, 2.75) is 51.5 Å². The minimum absolute atomic E-state index is 0. The Morgan fingerprint density at radius 1 is 1.21 bits per heavy atom. The van der Waals surface area contributed by atoms with Gasteiger partial charge in [0.25, 0.3) is 5.91 Å². The van der Waals surface area contributed by atoms with E-state index in [-0.39, 0.29) is 24.3 Å². The molecule has 8 heteroatoms. The van der Waals surface area contributed by atoms with Gasteiger partial charge in [0, 0.05) is 43.7 Å². The molecule has 1 amide bonds. The predicted octanol–water partition coefficient (Wildman–Crippen LogP) is 1.72. The number of rotatable bonds is 9. The molecular formula is C16H27ClN4O3. The van der Waals surface area contributed by atoms with E-state index < -0.39 is 0 Å². The highest BCUT2D eigenvalue weighted by atomic mass is 35.5. The van der Waals surface area contributed by atoms with Crippen LogP contribution in [-0.2, 0) is 22.5 Å². The smallest absolute Gasteiger partial charge is 0.305 e. The lowest BCUT2D eigenvalue weighted by Crippen LogP contribution is -2.29. The van der Waals surface area contributed by atoms with Crippen LogP contribution in [0.2, 0.25) is 0 Å². The number of esters is 1. The molecule has 7 nitrogen and oxygen atoms in total. The van der Waals surface area contributed by atoms with Crippen molar-refractivity contribution in [2.24, 2.45) is 0 Å². The zero-order valence-corrected chi connectivity index (χ0v) is 15.0. The summed E-state index contributed by atoms with van der Waals surface area (Å²) in [7, 11) is 1.41. The molecule has 1 aliphatic heterocycles. The number of nitrogens with one attached hydrogen (secondary N) is 3. The number of halogens is 1. The maximum absolute atomic E-state index is 12.1. The molecule has 3 N–H and O–H groups in total. The first kappa shape index (κ1) is 20.4. The van der Waals surface area contributed by atoms with Crippen molar-refractivity contribution < 1.29 is 14.3 Å². The fourth-order valence-corrected chi connectivity index (χ4v) is 2.73. The van der Waals surface area contributed by atoms with E-state index in [1.54, 1.807) is 0 Å². The Balaban J connectivity index is 0.00000288. The maximum atomic E-state index is 12.1. The van der Waals surface area contributed by atoms with Gasteiger partial charge in [0.1, 0.15) is 0 Å². The molecule has 0 spiro atoms. The first-order valence-electron chi connectivity index (χ1n) is 8.34. The first-order chi connectivity index (χ1) is 11.2. The van der Waals surface area contributed by atoms with Crippen molar-refractivity contribution in [3.05, 3.63) is 17.0 Å². The summed E-state index contributed by atoms with van der Waals surface area (Å²) in [5, 5.41) is 13.3. The normalized spacial score (nSPS) is 12.9. The molecule has 0 saturated carbocycles. The Kier molecular flexibility index (Phi) is 9.41. The molecule has 0 saturated heterocycles. The van der Waals surface area contributed by atoms with Gasteiger partial charge in [-0.25, -0.2) is 0 Å². The van der Waals surface area contributed by atoms with E-state index in [0.717, 1.165) is 56.3 Å². The summed E-state index contributed by atoms with van der Waals surface area (Å²) in [5.41, 5.74) is 2.58. The molecule has 136 valence electrons. The highest BCUT2D eigenvalue weighted by molar-refractivity contribution is 5.94. The molecule has 0 unspecified atom stereocenters. The minimum atomic E-state index is -0.144. The lowest BCUT2D eigenvalue weighted by atomic mass is 10.1. The van der Waals surface area contributed by atoms with Crippen LogP contribution < -0.4 is 10.6 Å². The summed E-state index contributed by atoms with van der Waals surface area (Å²) in [6.07, 6.45) is 6.31. The number of fused-ring (bicyclic) bond motifs is 1. The average molecular weight is 359 g/mol. The van der Waals surface area contributed by atoms with Crippen LogP contribution in [0.3, 0.4) is 0 Å². The molecular weight excluding hydrogens is 332 g/mol. The van der Waals surface area contributed by atoms with E-state index in [2.05, 4.69) is 25.6 Å². The lowest BCUT2D eigenvalue weighted by molar-refractivity contribution is -0.140. The first-order valence-corrected chi connectivity index (χ1v) is 8.34. The zero-order valence-electron chi connectivity index (χ0n) is 14.2. The van der Waals surface area contributed by atoms with Crippen LogP contribution in [0.1, 0.15) is 60.3 Å². The van der Waals surface area contributed by atoms with Crippen molar-refractivity contribution in [1.29, 1.82) is 0 Å². The third kappa shape index (κ3) is 6.13. The van der Waals surface area contributed by atoms with Crippen LogP contribution in [-0.4, -0.2) is 42.3 Å². The third-order valence-corrected chi connectivity index (χ3v) is 4.09. The second-order valence-electron chi connectivity index (χ2n) is 5.81. The van der Waals surface area contributed by atoms with E-state index in [1.807, 2.05) is 0 Å². The Hall–Kier alpha value is -1.60. The van der Waals surface area contributed by atoms with Gasteiger partial charge in [-0.15, -0.1) is 12.4 Å². The summed E-state index contributed by atoms with van der Waals surface area (Å²) < 4.78 is 4.60. The van der Waals surface area contributed by atoms with Crippen molar-refractivity contribution >= 4 is 24.3 Å². The van der Waals surface area contributed by atoms with Crippen LogP contribution in [0.4, 0.5) is 0 Å². The molecule has 1 aliphatic rings. The van der Waals surface area contributed by atoms with Gasteiger partial charge >= 0.3 is 5.97 Å². The van der Waals surface area contributed by atoms with Gasteiger partial charge in [0.05, 0.1) is 7.11 Å². The van der Waals surface area contributed by atoms with Gasteiger partial charge in [0.15, 0.2) is 5.69 Å². The number of unbranched alkanes of at least 4 members (excludes halogenated alkanes) is 4. The minimum Gasteiger partial charge on any atom is -0.469 e. The standard InChI is InChI=1S/C16H26N4O3.ClH/c1-23-14(21)7-5-3-2-4-6-9-18-16(22)15-12-11-17-10-8-13(12)19-20-15;/h17H,2-11H2,1H3,(H,18,22)(H,19,20);1H. The molecule has 0 bridgehead atoms. The van der Waals surface area contributed by atoms with Gasteiger partial charge in [0.2, 0.25) is 0 Å². The van der Waals surface area contributed by atoms with E-state index in [4.69, 9.17) is 0 Å². The van der Waals surface area contributed by atoms with Crippen LogP contribution in [0, 0.1) is 0 Å². The maximum Gasteiger partial charge on any atom is 0.305 e. The van der Waals surface area contributed by atoms with Crippen molar-refractivity contribution in [1.82, 2.24) is 20.8 Å². The SMILES string of the molecule is COC(=O)CCCCCCCNC(=O)c1n[nH]c2c1CNCC2.Cl. The molecule has 1 aromatic heterocycles. The van der Waals surface area contributed by atoms with E-state index in [1.165, 1.54) is 7.11 Å². The molecule has 2 heterocycles. The molecule has 2 rings (SSSR count). The van der Waals surface area contributed by atoms with Crippen LogP contribution in [0.15, 0.2) is 0 Å². The van der Waals surface area contributed by atoms with E-state index in [9.17, 15) is 9.59 Å². The Morgan fingerprint density at radius 2 is 1.96 bits per heavy atom. The number of amides is 1. The number of methoxy groups -OCH3 is 1. The summed E-state index contributed by atoms with van der Waals surface area (Å²) >= 11 is 0. The summed E-state index contributed by atoms with van der Waals surface area (Å²) in [6, 6.07) is 0. The molecule has 0 radical (unpaired) electrons. The second-order valence-corrected chi connectivity index (χ2v) is 5.81. The highest BCUT2D eigenvalue weighted by Crippen LogP contribution is 2.15. The Morgan fingerprint density at radius 3 is 2.75 bits per heavy atom. The summed E-state index contributed by atoms with van der Waals surface area (Å²) in [4.78, 5) is 23.1. The number of carbonyl (C=O) groups excluding carboxylic acids is 2. The number of hydrogen-bond acceptors (Lipinski definition) is 5. The molecule has 1 aromatic rings. The Bertz CT molecular complexity index is 533. The van der Waals surface area contributed by atoms with Gasteiger partial charge < -0.3 is 15.4 Å². The van der Waals surface area contributed by atoms with Crippen molar-refractivity contribution in [2.75, 3.05) is 20.2 Å². The number of aromatic nitrogens is 2. The zero-order chi connectivity index (χ0) is 16.5. The van der Waals surface area contributed by atoms with Gasteiger partial charge in [-0.05, 0) is 12.8 Å². The number of nitrogens with zero attached hydrogens (tertiary/aromatic N) is 1. The van der Waals surface area contributed by atoms with Gasteiger partial charge in [-0.2, -0.15) is 5.10 Å². The number of aromatic amines is 1. The molecule has 0 atom stereocenters.